The summed E-state index contributed by atoms with van der Waals surface area (Å²) in [5, 5.41) is 21.6. The fourth-order valence-electron chi connectivity index (χ4n) is 1.12. The molecule has 5 nitrogen and oxygen atoms in total. The van der Waals surface area contributed by atoms with Crippen LogP contribution < -0.4 is 5.32 Å². The van der Waals surface area contributed by atoms with Crippen LogP contribution in [0.2, 0.25) is 0 Å². The minimum Gasteiger partial charge on any atom is -0.393 e. The average molecular weight is 304 g/mol. The van der Waals surface area contributed by atoms with Gasteiger partial charge in [-0.3, -0.25) is 0 Å². The lowest BCUT2D eigenvalue weighted by molar-refractivity contribution is 0.0131. The monoisotopic (exact) mass is 303 g/mol. The van der Waals surface area contributed by atoms with Gasteiger partial charge in [0.25, 0.3) is 0 Å². The molecule has 0 aliphatic carbocycles. The molecule has 1 atom stereocenters. The Labute approximate surface area is 109 Å². The Morgan fingerprint density at radius 2 is 2.12 bits per heavy atom. The van der Waals surface area contributed by atoms with Crippen LogP contribution in [0.15, 0.2) is 10.7 Å². The molecular weight excluding hydrogens is 286 g/mol. The van der Waals surface area contributed by atoms with Crippen LogP contribution in [-0.2, 0) is 0 Å². The van der Waals surface area contributed by atoms with Crippen molar-refractivity contribution in [2.24, 2.45) is 0 Å². The topological polar surface area (TPSA) is 78.3 Å². The van der Waals surface area contributed by atoms with Crippen LogP contribution in [0.5, 0.6) is 0 Å². The summed E-state index contributed by atoms with van der Waals surface area (Å²) in [7, 11) is 0. The van der Waals surface area contributed by atoms with E-state index in [9.17, 15) is 5.11 Å². The molecular formula is C11H18BrN3O2. The summed E-state index contributed by atoms with van der Waals surface area (Å²) in [5.74, 6) is 1.58. The van der Waals surface area contributed by atoms with E-state index in [1.54, 1.807) is 13.0 Å². The maximum atomic E-state index is 9.66. The van der Waals surface area contributed by atoms with E-state index in [4.69, 9.17) is 5.11 Å². The number of aliphatic hydroxyl groups excluding tert-OH is 1. The molecule has 0 saturated carbocycles. The summed E-state index contributed by atoms with van der Waals surface area (Å²) >= 11 is 3.32. The van der Waals surface area contributed by atoms with Gasteiger partial charge in [0, 0.05) is 18.5 Å². The number of anilines is 1. The quantitative estimate of drug-likeness (QED) is 0.719. The number of hydrogen-bond donors (Lipinski definition) is 3. The van der Waals surface area contributed by atoms with Crippen molar-refractivity contribution in [3.05, 3.63) is 16.5 Å². The van der Waals surface area contributed by atoms with Gasteiger partial charge in [-0.1, -0.05) is 13.8 Å². The lowest BCUT2D eigenvalue weighted by atomic mass is 10.1. The van der Waals surface area contributed by atoms with Gasteiger partial charge in [-0.2, -0.15) is 0 Å². The molecule has 6 heteroatoms. The van der Waals surface area contributed by atoms with Crippen LogP contribution >= 0.6 is 15.9 Å². The molecule has 3 N–H and O–H groups in total. The molecule has 17 heavy (non-hydrogen) atoms. The Hall–Kier alpha value is -0.720. The largest absolute Gasteiger partial charge is 0.393 e. The van der Waals surface area contributed by atoms with Gasteiger partial charge in [0.15, 0.2) is 0 Å². The van der Waals surface area contributed by atoms with Gasteiger partial charge in [0.1, 0.15) is 21.8 Å². The van der Waals surface area contributed by atoms with Gasteiger partial charge < -0.3 is 15.5 Å². The van der Waals surface area contributed by atoms with Crippen molar-refractivity contribution in [1.82, 2.24) is 9.97 Å². The molecule has 1 unspecified atom stereocenters. The zero-order chi connectivity index (χ0) is 13.1. The van der Waals surface area contributed by atoms with Crippen LogP contribution in [0.3, 0.4) is 0 Å². The second-order valence-electron chi connectivity index (χ2n) is 4.60. The highest BCUT2D eigenvalue weighted by atomic mass is 79.9. The van der Waals surface area contributed by atoms with Gasteiger partial charge in [-0.15, -0.1) is 0 Å². The Morgan fingerprint density at radius 1 is 1.47 bits per heavy atom. The highest BCUT2D eigenvalue weighted by Gasteiger charge is 2.19. The third-order valence-corrected chi connectivity index (χ3v) is 2.63. The Morgan fingerprint density at radius 3 is 2.65 bits per heavy atom. The van der Waals surface area contributed by atoms with Crippen molar-refractivity contribution in [2.45, 2.75) is 32.3 Å². The third kappa shape index (κ3) is 4.57. The molecule has 0 aliphatic rings. The maximum Gasteiger partial charge on any atom is 0.134 e. The zero-order valence-electron chi connectivity index (χ0n) is 10.2. The first-order valence-corrected chi connectivity index (χ1v) is 6.25. The minimum atomic E-state index is -1.16. The predicted octanol–water partition coefficient (Wildman–Crippen LogP) is 1.52. The molecule has 0 spiro atoms. The summed E-state index contributed by atoms with van der Waals surface area (Å²) in [6, 6.07) is 1.74. The Bertz CT molecular complexity index is 383. The smallest absolute Gasteiger partial charge is 0.134 e. The first-order valence-electron chi connectivity index (χ1n) is 5.45. The molecule has 1 heterocycles. The van der Waals surface area contributed by atoms with Crippen LogP contribution in [0.1, 0.15) is 32.5 Å². The fraction of sp³-hybridized carbons (Fsp3) is 0.636. The van der Waals surface area contributed by atoms with Crippen molar-refractivity contribution in [2.75, 3.05) is 18.5 Å². The zero-order valence-corrected chi connectivity index (χ0v) is 11.8. The summed E-state index contributed by atoms with van der Waals surface area (Å²) in [4.78, 5) is 8.58. The van der Waals surface area contributed by atoms with Crippen molar-refractivity contribution in [3.8, 4) is 0 Å². The molecule has 0 aromatic carbocycles. The average Bonchev–Trinajstić information content (AvgIpc) is 2.26. The fourth-order valence-corrected chi connectivity index (χ4v) is 1.52. The van der Waals surface area contributed by atoms with E-state index in [1.807, 2.05) is 13.8 Å². The number of aliphatic hydroxyl groups is 2. The minimum absolute atomic E-state index is 0.227. The lowest BCUT2D eigenvalue weighted by Crippen LogP contribution is -2.37. The summed E-state index contributed by atoms with van der Waals surface area (Å²) < 4.78 is 0.697. The molecule has 1 aromatic rings. The Kier molecular flexibility index (Phi) is 4.85. The van der Waals surface area contributed by atoms with E-state index >= 15 is 0 Å². The van der Waals surface area contributed by atoms with Crippen molar-refractivity contribution >= 4 is 21.7 Å². The van der Waals surface area contributed by atoms with Crippen molar-refractivity contribution < 1.29 is 10.2 Å². The molecule has 0 aliphatic heterocycles. The van der Waals surface area contributed by atoms with E-state index in [-0.39, 0.29) is 19.1 Å². The second kappa shape index (κ2) is 5.75. The van der Waals surface area contributed by atoms with Gasteiger partial charge >= 0.3 is 0 Å². The normalized spacial score (nSPS) is 14.8. The van der Waals surface area contributed by atoms with E-state index in [0.717, 1.165) is 5.82 Å². The van der Waals surface area contributed by atoms with Crippen LogP contribution in [0.25, 0.3) is 0 Å². The van der Waals surface area contributed by atoms with Gasteiger partial charge in [0.05, 0.1) is 6.61 Å². The van der Waals surface area contributed by atoms with Crippen LogP contribution in [-0.4, -0.2) is 38.9 Å². The second-order valence-corrected chi connectivity index (χ2v) is 5.41. The van der Waals surface area contributed by atoms with E-state index in [1.165, 1.54) is 0 Å². The van der Waals surface area contributed by atoms with Gasteiger partial charge in [-0.25, -0.2) is 9.97 Å². The van der Waals surface area contributed by atoms with Crippen LogP contribution in [0.4, 0.5) is 5.82 Å². The van der Waals surface area contributed by atoms with E-state index in [0.29, 0.717) is 10.4 Å². The first-order chi connectivity index (χ1) is 7.84. The molecule has 0 saturated heterocycles. The van der Waals surface area contributed by atoms with Crippen molar-refractivity contribution in [1.29, 1.82) is 0 Å². The molecule has 0 bridgehead atoms. The highest BCUT2D eigenvalue weighted by molar-refractivity contribution is 9.10. The summed E-state index contributed by atoms with van der Waals surface area (Å²) in [6.07, 6.45) is 0. The number of halogens is 1. The molecule has 96 valence electrons. The summed E-state index contributed by atoms with van der Waals surface area (Å²) in [5.41, 5.74) is -1.16. The molecule has 0 fully saturated rings. The maximum absolute atomic E-state index is 9.66. The third-order valence-electron chi connectivity index (χ3n) is 2.22. The van der Waals surface area contributed by atoms with Crippen LogP contribution in [0, 0.1) is 0 Å². The first kappa shape index (κ1) is 14.3. The predicted molar refractivity (Wildman–Crippen MR) is 70.0 cm³/mol. The number of nitrogens with one attached hydrogen (secondary N) is 1. The van der Waals surface area contributed by atoms with Gasteiger partial charge in [-0.05, 0) is 22.9 Å². The number of hydrogen-bond acceptors (Lipinski definition) is 5. The van der Waals surface area contributed by atoms with E-state index in [2.05, 4.69) is 31.2 Å². The standard InChI is InChI=1S/C11H18BrN3O2/c1-7(2)10-14-8(12)4-9(15-10)13-5-11(3,17)6-16/h4,7,16-17H,5-6H2,1-3H3,(H,13,14,15). The lowest BCUT2D eigenvalue weighted by Gasteiger charge is -2.21. The molecule has 1 rings (SSSR count). The number of nitrogens with zero attached hydrogens (tertiary/aromatic N) is 2. The van der Waals surface area contributed by atoms with Gasteiger partial charge in [0.2, 0.25) is 0 Å². The molecule has 0 amide bonds. The van der Waals surface area contributed by atoms with Crippen molar-refractivity contribution in [3.63, 3.8) is 0 Å². The number of rotatable bonds is 5. The highest BCUT2D eigenvalue weighted by Crippen LogP contribution is 2.17. The molecule has 1 aromatic heterocycles. The molecule has 0 radical (unpaired) electrons. The SMILES string of the molecule is CC(C)c1nc(Br)cc(NCC(C)(O)CO)n1. The summed E-state index contributed by atoms with van der Waals surface area (Å²) in [6.45, 7) is 5.50. The Balaban J connectivity index is 2.78. The van der Waals surface area contributed by atoms with E-state index < -0.39 is 5.60 Å². The number of aromatic nitrogens is 2.